The molecule has 76 valence electrons. The van der Waals surface area contributed by atoms with E-state index in [1.165, 1.54) is 58.4 Å². The summed E-state index contributed by atoms with van der Waals surface area (Å²) >= 11 is 0. The SMILES string of the molecule is CC1(CN2CCCNCCC2)CC1. The van der Waals surface area contributed by atoms with Crippen LogP contribution < -0.4 is 5.32 Å². The minimum absolute atomic E-state index is 0.701. The Morgan fingerprint density at radius 3 is 2.31 bits per heavy atom. The molecule has 1 saturated carbocycles. The third-order valence-electron chi connectivity index (χ3n) is 3.36. The van der Waals surface area contributed by atoms with Gasteiger partial charge in [0.25, 0.3) is 0 Å². The Balaban J connectivity index is 1.75. The molecular formula is C11H22N2. The van der Waals surface area contributed by atoms with Crippen molar-refractivity contribution in [2.24, 2.45) is 5.41 Å². The van der Waals surface area contributed by atoms with Crippen LogP contribution in [-0.2, 0) is 0 Å². The molecule has 1 aliphatic carbocycles. The number of rotatable bonds is 2. The zero-order chi connectivity index (χ0) is 9.15. The lowest BCUT2D eigenvalue weighted by Gasteiger charge is -2.27. The van der Waals surface area contributed by atoms with E-state index in [0.717, 1.165) is 0 Å². The molecular weight excluding hydrogens is 160 g/mol. The lowest BCUT2D eigenvalue weighted by Crippen LogP contribution is -2.36. The first kappa shape index (κ1) is 9.47. The van der Waals surface area contributed by atoms with Crippen LogP contribution in [0, 0.1) is 5.41 Å². The minimum atomic E-state index is 0.701. The normalized spacial score (nSPS) is 29.3. The summed E-state index contributed by atoms with van der Waals surface area (Å²) < 4.78 is 0. The Bertz CT molecular complexity index is 155. The minimum Gasteiger partial charge on any atom is -0.317 e. The van der Waals surface area contributed by atoms with Gasteiger partial charge in [-0.05, 0) is 57.3 Å². The van der Waals surface area contributed by atoms with E-state index in [-0.39, 0.29) is 0 Å². The molecule has 0 unspecified atom stereocenters. The van der Waals surface area contributed by atoms with E-state index in [0.29, 0.717) is 5.41 Å². The Morgan fingerprint density at radius 1 is 1.15 bits per heavy atom. The molecule has 1 aliphatic heterocycles. The quantitative estimate of drug-likeness (QED) is 0.696. The van der Waals surface area contributed by atoms with E-state index in [9.17, 15) is 0 Å². The summed E-state index contributed by atoms with van der Waals surface area (Å²) in [5, 5.41) is 3.46. The van der Waals surface area contributed by atoms with Gasteiger partial charge in [-0.3, -0.25) is 0 Å². The summed E-state index contributed by atoms with van der Waals surface area (Å²) in [5.74, 6) is 0. The zero-order valence-corrected chi connectivity index (χ0v) is 8.81. The molecule has 2 fully saturated rings. The summed E-state index contributed by atoms with van der Waals surface area (Å²) in [6.45, 7) is 8.84. The van der Waals surface area contributed by atoms with E-state index in [4.69, 9.17) is 0 Å². The maximum atomic E-state index is 3.46. The van der Waals surface area contributed by atoms with Crippen molar-refractivity contribution in [3.63, 3.8) is 0 Å². The highest BCUT2D eigenvalue weighted by Crippen LogP contribution is 2.45. The summed E-state index contributed by atoms with van der Waals surface area (Å²) in [6, 6.07) is 0. The highest BCUT2D eigenvalue weighted by molar-refractivity contribution is 4.91. The Morgan fingerprint density at radius 2 is 1.77 bits per heavy atom. The second kappa shape index (κ2) is 3.97. The molecule has 1 N–H and O–H groups in total. The van der Waals surface area contributed by atoms with Crippen LogP contribution in [0.25, 0.3) is 0 Å². The molecule has 2 aliphatic rings. The smallest absolute Gasteiger partial charge is 0.00353 e. The Kier molecular flexibility index (Phi) is 2.89. The molecule has 1 heterocycles. The Labute approximate surface area is 81.7 Å². The van der Waals surface area contributed by atoms with Crippen molar-refractivity contribution in [2.75, 3.05) is 32.7 Å². The van der Waals surface area contributed by atoms with Gasteiger partial charge in [0, 0.05) is 6.54 Å². The van der Waals surface area contributed by atoms with Gasteiger partial charge in [-0.2, -0.15) is 0 Å². The molecule has 2 nitrogen and oxygen atoms in total. The van der Waals surface area contributed by atoms with Crippen molar-refractivity contribution in [2.45, 2.75) is 32.6 Å². The van der Waals surface area contributed by atoms with Gasteiger partial charge in [0.05, 0.1) is 0 Å². The molecule has 2 rings (SSSR count). The number of nitrogens with one attached hydrogen (secondary N) is 1. The first-order valence-electron chi connectivity index (χ1n) is 5.72. The van der Waals surface area contributed by atoms with Gasteiger partial charge in [0.2, 0.25) is 0 Å². The summed E-state index contributed by atoms with van der Waals surface area (Å²) in [4.78, 5) is 2.67. The van der Waals surface area contributed by atoms with Crippen LogP contribution in [0.15, 0.2) is 0 Å². The van der Waals surface area contributed by atoms with Crippen LogP contribution in [0.3, 0.4) is 0 Å². The lowest BCUT2D eigenvalue weighted by atomic mass is 10.1. The summed E-state index contributed by atoms with van der Waals surface area (Å²) in [5.41, 5.74) is 0.701. The molecule has 13 heavy (non-hydrogen) atoms. The third kappa shape index (κ3) is 2.96. The van der Waals surface area contributed by atoms with Crippen LogP contribution in [0.1, 0.15) is 32.6 Å². The molecule has 0 aromatic rings. The van der Waals surface area contributed by atoms with Crippen molar-refractivity contribution in [3.05, 3.63) is 0 Å². The van der Waals surface area contributed by atoms with E-state index in [2.05, 4.69) is 17.1 Å². The molecule has 0 spiro atoms. The largest absolute Gasteiger partial charge is 0.317 e. The van der Waals surface area contributed by atoms with Gasteiger partial charge in [-0.1, -0.05) is 6.92 Å². The monoisotopic (exact) mass is 182 g/mol. The molecule has 0 aromatic carbocycles. The molecule has 0 bridgehead atoms. The predicted octanol–water partition coefficient (Wildman–Crippen LogP) is 1.47. The zero-order valence-electron chi connectivity index (χ0n) is 8.81. The summed E-state index contributed by atoms with van der Waals surface area (Å²) in [6.07, 6.45) is 5.58. The van der Waals surface area contributed by atoms with Crippen molar-refractivity contribution < 1.29 is 0 Å². The highest BCUT2D eigenvalue weighted by atomic mass is 15.1. The van der Waals surface area contributed by atoms with Gasteiger partial charge in [0.15, 0.2) is 0 Å². The van der Waals surface area contributed by atoms with Gasteiger partial charge in [0.1, 0.15) is 0 Å². The molecule has 0 atom stereocenters. The first-order chi connectivity index (χ1) is 6.29. The molecule has 1 saturated heterocycles. The van der Waals surface area contributed by atoms with Crippen molar-refractivity contribution in [3.8, 4) is 0 Å². The lowest BCUT2D eigenvalue weighted by molar-refractivity contribution is 0.213. The van der Waals surface area contributed by atoms with E-state index in [1.807, 2.05) is 0 Å². The first-order valence-corrected chi connectivity index (χ1v) is 5.72. The molecule has 0 radical (unpaired) electrons. The predicted molar refractivity (Wildman–Crippen MR) is 55.9 cm³/mol. The van der Waals surface area contributed by atoms with E-state index >= 15 is 0 Å². The van der Waals surface area contributed by atoms with Crippen molar-refractivity contribution in [1.82, 2.24) is 10.2 Å². The number of hydrogen-bond donors (Lipinski definition) is 1. The fourth-order valence-electron chi connectivity index (χ4n) is 2.16. The Hall–Kier alpha value is -0.0800. The van der Waals surface area contributed by atoms with Gasteiger partial charge >= 0.3 is 0 Å². The van der Waals surface area contributed by atoms with Gasteiger partial charge in [-0.15, -0.1) is 0 Å². The maximum absolute atomic E-state index is 3.46. The fraction of sp³-hybridized carbons (Fsp3) is 1.00. The average Bonchev–Trinajstić information content (AvgIpc) is 2.75. The standard InChI is InChI=1S/C11H22N2/c1-11(4-5-11)10-13-8-2-6-12-7-3-9-13/h12H,2-10H2,1H3. The highest BCUT2D eigenvalue weighted by Gasteiger charge is 2.38. The van der Waals surface area contributed by atoms with Crippen LogP contribution in [-0.4, -0.2) is 37.6 Å². The van der Waals surface area contributed by atoms with Crippen LogP contribution in [0.4, 0.5) is 0 Å². The van der Waals surface area contributed by atoms with E-state index < -0.39 is 0 Å². The van der Waals surface area contributed by atoms with Crippen LogP contribution >= 0.6 is 0 Å². The molecule has 0 amide bonds. The maximum Gasteiger partial charge on any atom is 0.00353 e. The number of nitrogens with zero attached hydrogens (tertiary/aromatic N) is 1. The summed E-state index contributed by atoms with van der Waals surface area (Å²) in [7, 11) is 0. The number of hydrogen-bond acceptors (Lipinski definition) is 2. The average molecular weight is 182 g/mol. The third-order valence-corrected chi connectivity index (χ3v) is 3.36. The van der Waals surface area contributed by atoms with Crippen molar-refractivity contribution >= 4 is 0 Å². The second-order valence-corrected chi connectivity index (χ2v) is 5.04. The van der Waals surface area contributed by atoms with Crippen LogP contribution in [0.5, 0.6) is 0 Å². The van der Waals surface area contributed by atoms with Gasteiger partial charge < -0.3 is 10.2 Å². The molecule has 0 aromatic heterocycles. The fourth-order valence-corrected chi connectivity index (χ4v) is 2.16. The molecule has 2 heteroatoms. The second-order valence-electron chi connectivity index (χ2n) is 5.04. The van der Waals surface area contributed by atoms with Gasteiger partial charge in [-0.25, -0.2) is 0 Å². The topological polar surface area (TPSA) is 15.3 Å². The van der Waals surface area contributed by atoms with E-state index in [1.54, 1.807) is 0 Å². The van der Waals surface area contributed by atoms with Crippen LogP contribution in [0.2, 0.25) is 0 Å². The van der Waals surface area contributed by atoms with Crippen molar-refractivity contribution in [1.29, 1.82) is 0 Å².